The highest BCUT2D eigenvalue weighted by atomic mass is 32.2. The zero-order chi connectivity index (χ0) is 12.3. The molecule has 0 saturated heterocycles. The molecule has 0 spiro atoms. The SMILES string of the molecule is Cc1cc(O)c(O)c(SC[C@H](N)C(=O)O)c1. The maximum Gasteiger partial charge on any atom is 0.321 e. The molecule has 0 radical (unpaired) electrons. The van der Waals surface area contributed by atoms with E-state index in [-0.39, 0.29) is 17.3 Å². The first-order chi connectivity index (χ1) is 7.41. The van der Waals surface area contributed by atoms with E-state index in [1.807, 2.05) is 0 Å². The number of carbonyl (C=O) groups is 1. The van der Waals surface area contributed by atoms with Crippen molar-refractivity contribution in [3.05, 3.63) is 17.7 Å². The first-order valence-electron chi connectivity index (χ1n) is 4.55. The van der Waals surface area contributed by atoms with Gasteiger partial charge in [0, 0.05) is 5.75 Å². The van der Waals surface area contributed by atoms with Crippen LogP contribution >= 0.6 is 11.8 Å². The molecule has 0 fully saturated rings. The minimum absolute atomic E-state index is 0.131. The van der Waals surface area contributed by atoms with Gasteiger partial charge >= 0.3 is 5.97 Å². The predicted molar refractivity (Wildman–Crippen MR) is 60.8 cm³/mol. The molecule has 88 valence electrons. The first-order valence-corrected chi connectivity index (χ1v) is 5.54. The van der Waals surface area contributed by atoms with Crippen LogP contribution in [0.1, 0.15) is 5.56 Å². The predicted octanol–water partition coefficient (Wildman–Crippen LogP) is 0.910. The Kier molecular flexibility index (Phi) is 4.03. The number of hydrogen-bond acceptors (Lipinski definition) is 5. The van der Waals surface area contributed by atoms with Gasteiger partial charge in [-0.3, -0.25) is 4.79 Å². The summed E-state index contributed by atoms with van der Waals surface area (Å²) in [5, 5.41) is 27.4. The number of benzene rings is 1. The van der Waals surface area contributed by atoms with E-state index in [1.165, 1.54) is 6.07 Å². The lowest BCUT2D eigenvalue weighted by molar-refractivity contribution is -0.137. The van der Waals surface area contributed by atoms with Crippen molar-refractivity contribution in [2.24, 2.45) is 5.73 Å². The highest BCUT2D eigenvalue weighted by Gasteiger charge is 2.14. The van der Waals surface area contributed by atoms with Gasteiger partial charge in [0.1, 0.15) is 6.04 Å². The number of aromatic hydroxyl groups is 2. The monoisotopic (exact) mass is 243 g/mol. The summed E-state index contributed by atoms with van der Waals surface area (Å²) in [7, 11) is 0. The quantitative estimate of drug-likeness (QED) is 0.463. The molecule has 0 saturated carbocycles. The van der Waals surface area contributed by atoms with Crippen molar-refractivity contribution in [2.45, 2.75) is 17.9 Å². The van der Waals surface area contributed by atoms with Crippen molar-refractivity contribution in [1.29, 1.82) is 0 Å². The van der Waals surface area contributed by atoms with Crippen LogP contribution < -0.4 is 5.73 Å². The summed E-state index contributed by atoms with van der Waals surface area (Å²) in [6.45, 7) is 1.76. The van der Waals surface area contributed by atoms with Crippen LogP contribution in [0.25, 0.3) is 0 Å². The number of phenolic OH excluding ortho intramolecular Hbond substituents is 2. The fourth-order valence-corrected chi connectivity index (χ4v) is 2.10. The Labute approximate surface area is 96.9 Å². The van der Waals surface area contributed by atoms with E-state index in [0.717, 1.165) is 17.3 Å². The summed E-state index contributed by atoms with van der Waals surface area (Å²) >= 11 is 1.10. The summed E-state index contributed by atoms with van der Waals surface area (Å²) in [6, 6.07) is 2.09. The fourth-order valence-electron chi connectivity index (χ4n) is 1.09. The van der Waals surface area contributed by atoms with Crippen LogP contribution in [0.2, 0.25) is 0 Å². The largest absolute Gasteiger partial charge is 0.504 e. The third kappa shape index (κ3) is 3.04. The summed E-state index contributed by atoms with van der Waals surface area (Å²) < 4.78 is 0. The summed E-state index contributed by atoms with van der Waals surface area (Å²) in [5.41, 5.74) is 6.11. The van der Waals surface area contributed by atoms with Gasteiger partial charge in [0.25, 0.3) is 0 Å². The highest BCUT2D eigenvalue weighted by molar-refractivity contribution is 7.99. The molecule has 0 bridgehead atoms. The molecule has 0 aliphatic carbocycles. The molecule has 1 aromatic rings. The normalized spacial score (nSPS) is 12.4. The second-order valence-electron chi connectivity index (χ2n) is 3.39. The van der Waals surface area contributed by atoms with Crippen molar-refractivity contribution in [3.63, 3.8) is 0 Å². The first kappa shape index (κ1) is 12.7. The minimum atomic E-state index is -1.09. The summed E-state index contributed by atoms with van der Waals surface area (Å²) in [4.78, 5) is 10.9. The molecule has 5 N–H and O–H groups in total. The number of carboxylic acids is 1. The van der Waals surface area contributed by atoms with Gasteiger partial charge in [-0.15, -0.1) is 11.8 Å². The Bertz CT molecular complexity index is 408. The van der Waals surface area contributed by atoms with Gasteiger partial charge in [-0.25, -0.2) is 0 Å². The van der Waals surface area contributed by atoms with Gasteiger partial charge in [-0.05, 0) is 24.6 Å². The molecule has 0 aliphatic heterocycles. The van der Waals surface area contributed by atoms with Crippen molar-refractivity contribution < 1.29 is 20.1 Å². The average molecular weight is 243 g/mol. The summed E-state index contributed by atoms with van der Waals surface area (Å²) in [5.74, 6) is -1.42. The van der Waals surface area contributed by atoms with Gasteiger partial charge in [-0.1, -0.05) is 0 Å². The molecule has 6 heteroatoms. The Morgan fingerprint density at radius 1 is 1.50 bits per heavy atom. The van der Waals surface area contributed by atoms with Crippen molar-refractivity contribution in [2.75, 3.05) is 5.75 Å². The van der Waals surface area contributed by atoms with Gasteiger partial charge < -0.3 is 21.1 Å². The topological polar surface area (TPSA) is 104 Å². The van der Waals surface area contributed by atoms with E-state index in [4.69, 9.17) is 10.8 Å². The average Bonchev–Trinajstić information content (AvgIpc) is 2.20. The van der Waals surface area contributed by atoms with Crippen LogP contribution in [0.5, 0.6) is 11.5 Å². The number of phenols is 2. The third-order valence-electron chi connectivity index (χ3n) is 1.93. The zero-order valence-electron chi connectivity index (χ0n) is 8.67. The van der Waals surface area contributed by atoms with Crippen molar-refractivity contribution in [3.8, 4) is 11.5 Å². The van der Waals surface area contributed by atoms with Gasteiger partial charge in [0.2, 0.25) is 0 Å². The lowest BCUT2D eigenvalue weighted by atomic mass is 10.2. The van der Waals surface area contributed by atoms with Gasteiger partial charge in [0.15, 0.2) is 11.5 Å². The number of aryl methyl sites for hydroxylation is 1. The number of rotatable bonds is 4. The fraction of sp³-hybridized carbons (Fsp3) is 0.300. The molecule has 0 amide bonds. The Balaban J connectivity index is 2.78. The maximum atomic E-state index is 10.5. The van der Waals surface area contributed by atoms with Crippen molar-refractivity contribution >= 4 is 17.7 Å². The molecule has 16 heavy (non-hydrogen) atoms. The molecule has 0 heterocycles. The molecule has 1 aromatic carbocycles. The molecule has 0 aromatic heterocycles. The number of aliphatic carboxylic acids is 1. The number of carboxylic acid groups (broad SMARTS) is 1. The van der Waals surface area contributed by atoms with E-state index in [9.17, 15) is 15.0 Å². The molecule has 0 unspecified atom stereocenters. The van der Waals surface area contributed by atoms with E-state index in [1.54, 1.807) is 13.0 Å². The van der Waals surface area contributed by atoms with Crippen LogP contribution in [0, 0.1) is 6.92 Å². The standard InChI is InChI=1S/C10H13NO4S/c1-5-2-7(12)9(13)8(3-5)16-4-6(11)10(14)15/h2-3,6,12-13H,4,11H2,1H3,(H,14,15)/t6-/m0/s1. The number of nitrogens with two attached hydrogens (primary N) is 1. The minimum Gasteiger partial charge on any atom is -0.504 e. The van der Waals surface area contributed by atoms with Gasteiger partial charge in [-0.2, -0.15) is 0 Å². The third-order valence-corrected chi connectivity index (χ3v) is 3.08. The van der Waals surface area contributed by atoms with E-state index < -0.39 is 12.0 Å². The second-order valence-corrected chi connectivity index (χ2v) is 4.45. The van der Waals surface area contributed by atoms with E-state index >= 15 is 0 Å². The second kappa shape index (κ2) is 5.09. The number of hydrogen-bond donors (Lipinski definition) is 4. The van der Waals surface area contributed by atoms with Crippen LogP contribution in [0.4, 0.5) is 0 Å². The molecule has 0 aliphatic rings. The van der Waals surface area contributed by atoms with Crippen LogP contribution in [-0.2, 0) is 4.79 Å². The summed E-state index contributed by atoms with van der Waals surface area (Å²) in [6.07, 6.45) is 0. The number of thioether (sulfide) groups is 1. The van der Waals surface area contributed by atoms with Crippen molar-refractivity contribution in [1.82, 2.24) is 0 Å². The highest BCUT2D eigenvalue weighted by Crippen LogP contribution is 2.37. The van der Waals surface area contributed by atoms with E-state index in [2.05, 4.69) is 0 Å². The molecule has 1 rings (SSSR count). The van der Waals surface area contributed by atoms with Crippen LogP contribution in [0.15, 0.2) is 17.0 Å². The lowest BCUT2D eigenvalue weighted by Gasteiger charge is -2.09. The van der Waals surface area contributed by atoms with Gasteiger partial charge in [0.05, 0.1) is 4.90 Å². The maximum absolute atomic E-state index is 10.5. The Hall–Kier alpha value is -1.40. The Morgan fingerprint density at radius 2 is 2.12 bits per heavy atom. The lowest BCUT2D eigenvalue weighted by Crippen LogP contribution is -2.32. The molecule has 5 nitrogen and oxygen atoms in total. The van der Waals surface area contributed by atoms with E-state index in [0.29, 0.717) is 4.90 Å². The smallest absolute Gasteiger partial charge is 0.321 e. The molecule has 1 atom stereocenters. The van der Waals surface area contributed by atoms with Crippen LogP contribution in [-0.4, -0.2) is 33.1 Å². The molecular formula is C10H13NO4S. The Morgan fingerprint density at radius 3 is 2.69 bits per heavy atom. The molecular weight excluding hydrogens is 230 g/mol. The zero-order valence-corrected chi connectivity index (χ0v) is 9.49. The van der Waals surface area contributed by atoms with Crippen LogP contribution in [0.3, 0.4) is 0 Å².